The molecule has 144 valence electrons. The lowest BCUT2D eigenvalue weighted by atomic mass is 10.1. The van der Waals surface area contributed by atoms with Gasteiger partial charge in [-0.3, -0.25) is 4.79 Å². The molecule has 0 saturated carbocycles. The smallest absolute Gasteiger partial charge is 0.255 e. The summed E-state index contributed by atoms with van der Waals surface area (Å²) in [7, 11) is -1.95. The van der Waals surface area contributed by atoms with Gasteiger partial charge in [0.1, 0.15) is 5.75 Å². The fraction of sp³-hybridized carbons (Fsp3) is 0.263. The molecule has 0 aliphatic rings. The number of carbonyl (C=O) groups is 1. The Hall–Kier alpha value is -2.71. The van der Waals surface area contributed by atoms with Crippen LogP contribution in [0.15, 0.2) is 59.7 Å². The van der Waals surface area contributed by atoms with Crippen molar-refractivity contribution in [3.05, 3.63) is 65.7 Å². The van der Waals surface area contributed by atoms with Crippen LogP contribution >= 0.6 is 0 Å². The van der Waals surface area contributed by atoms with Crippen molar-refractivity contribution >= 4 is 22.1 Å². The highest BCUT2D eigenvalue weighted by Crippen LogP contribution is 2.10. The molecule has 0 bridgehead atoms. The highest BCUT2D eigenvalue weighted by molar-refractivity contribution is 7.88. The van der Waals surface area contributed by atoms with Gasteiger partial charge in [-0.15, -0.1) is 0 Å². The average Bonchev–Trinajstić information content (AvgIpc) is 2.65. The Morgan fingerprint density at radius 3 is 2.59 bits per heavy atom. The van der Waals surface area contributed by atoms with E-state index in [4.69, 9.17) is 4.74 Å². The highest BCUT2D eigenvalue weighted by atomic mass is 32.2. The lowest BCUT2D eigenvalue weighted by molar-refractivity contribution is -0.121. The van der Waals surface area contributed by atoms with Gasteiger partial charge in [0.15, 0.2) is 0 Å². The molecule has 1 amide bonds. The molecule has 0 aromatic heterocycles. The zero-order valence-electron chi connectivity index (χ0n) is 15.3. The fourth-order valence-corrected chi connectivity index (χ4v) is 3.13. The summed E-state index contributed by atoms with van der Waals surface area (Å²) in [4.78, 5) is 12.1. The Kier molecular flexibility index (Phi) is 7.51. The highest BCUT2D eigenvalue weighted by Gasteiger charge is 2.19. The van der Waals surface area contributed by atoms with Gasteiger partial charge in [-0.2, -0.15) is 9.41 Å². The molecule has 2 rings (SSSR count). The van der Waals surface area contributed by atoms with Gasteiger partial charge < -0.3 is 4.74 Å². The standard InChI is InChI=1S/C19H23N3O4S/c1-26-18-10-6-9-17(13-18)14-20-21-19(23)15-22(27(2,24)25)12-11-16-7-4-3-5-8-16/h3-10,13-14H,11-12,15H2,1-2H3,(H,21,23). The van der Waals surface area contributed by atoms with E-state index in [1.54, 1.807) is 31.4 Å². The Morgan fingerprint density at radius 1 is 1.19 bits per heavy atom. The van der Waals surface area contributed by atoms with Gasteiger partial charge in [-0.1, -0.05) is 42.5 Å². The number of hydrogen-bond donors (Lipinski definition) is 1. The van der Waals surface area contributed by atoms with E-state index in [9.17, 15) is 13.2 Å². The van der Waals surface area contributed by atoms with E-state index >= 15 is 0 Å². The number of ether oxygens (including phenoxy) is 1. The van der Waals surface area contributed by atoms with Crippen LogP contribution in [0, 0.1) is 0 Å². The number of rotatable bonds is 9. The van der Waals surface area contributed by atoms with Crippen LogP contribution < -0.4 is 10.2 Å². The Balaban J connectivity index is 1.92. The lowest BCUT2D eigenvalue weighted by Gasteiger charge is -2.18. The predicted octanol–water partition coefficient (Wildman–Crippen LogP) is 1.65. The van der Waals surface area contributed by atoms with Crippen molar-refractivity contribution < 1.29 is 17.9 Å². The predicted molar refractivity (Wildman–Crippen MR) is 105 cm³/mol. The summed E-state index contributed by atoms with van der Waals surface area (Å²) in [5, 5.41) is 3.87. The molecule has 2 aromatic rings. The average molecular weight is 389 g/mol. The van der Waals surface area contributed by atoms with Crippen LogP contribution in [0.25, 0.3) is 0 Å². The van der Waals surface area contributed by atoms with Crippen molar-refractivity contribution in [1.29, 1.82) is 0 Å². The normalized spacial score (nSPS) is 11.7. The molecular weight excluding hydrogens is 366 g/mol. The van der Waals surface area contributed by atoms with Gasteiger partial charge in [-0.05, 0) is 29.7 Å². The first-order chi connectivity index (χ1) is 12.9. The number of sulfonamides is 1. The summed E-state index contributed by atoms with van der Waals surface area (Å²) in [6.07, 6.45) is 3.08. The van der Waals surface area contributed by atoms with Crippen LogP contribution in [0.4, 0.5) is 0 Å². The third-order valence-corrected chi connectivity index (χ3v) is 5.03. The van der Waals surface area contributed by atoms with Gasteiger partial charge in [0, 0.05) is 6.54 Å². The SMILES string of the molecule is COc1cccc(C=NNC(=O)CN(CCc2ccccc2)S(C)(=O)=O)c1. The van der Waals surface area contributed by atoms with Crippen LogP contribution in [0.3, 0.4) is 0 Å². The van der Waals surface area contributed by atoms with Crippen molar-refractivity contribution in [1.82, 2.24) is 9.73 Å². The first-order valence-electron chi connectivity index (χ1n) is 8.33. The van der Waals surface area contributed by atoms with E-state index in [2.05, 4.69) is 10.5 Å². The quantitative estimate of drug-likeness (QED) is 0.522. The van der Waals surface area contributed by atoms with Crippen molar-refractivity contribution in [3.63, 3.8) is 0 Å². The molecule has 0 saturated heterocycles. The number of hydrazone groups is 1. The molecule has 27 heavy (non-hydrogen) atoms. The number of carbonyl (C=O) groups excluding carboxylic acids is 1. The first-order valence-corrected chi connectivity index (χ1v) is 10.2. The van der Waals surface area contributed by atoms with Crippen LogP contribution in [0.2, 0.25) is 0 Å². The maximum absolute atomic E-state index is 12.1. The van der Waals surface area contributed by atoms with Crippen LogP contribution in [-0.2, 0) is 21.2 Å². The summed E-state index contributed by atoms with van der Waals surface area (Å²) in [6, 6.07) is 16.7. The number of benzene rings is 2. The fourth-order valence-electron chi connectivity index (χ4n) is 2.36. The molecule has 0 aliphatic heterocycles. The number of nitrogens with zero attached hydrogens (tertiary/aromatic N) is 2. The second kappa shape index (κ2) is 9.84. The van der Waals surface area contributed by atoms with Gasteiger partial charge in [0.2, 0.25) is 10.0 Å². The summed E-state index contributed by atoms with van der Waals surface area (Å²) in [6.45, 7) is -0.0724. The zero-order valence-corrected chi connectivity index (χ0v) is 16.1. The van der Waals surface area contributed by atoms with Crippen molar-refractivity contribution in [3.8, 4) is 5.75 Å². The van der Waals surface area contributed by atoms with E-state index in [1.165, 1.54) is 6.21 Å². The molecule has 2 aromatic carbocycles. The summed E-state index contributed by atoms with van der Waals surface area (Å²) < 4.78 is 30.1. The third kappa shape index (κ3) is 7.20. The van der Waals surface area contributed by atoms with E-state index in [0.29, 0.717) is 12.2 Å². The number of methoxy groups -OCH3 is 1. The minimum absolute atomic E-state index is 0.218. The van der Waals surface area contributed by atoms with E-state index in [-0.39, 0.29) is 13.1 Å². The number of hydrogen-bond acceptors (Lipinski definition) is 5. The second-order valence-corrected chi connectivity index (χ2v) is 7.88. The molecule has 0 heterocycles. The maximum Gasteiger partial charge on any atom is 0.255 e. The Morgan fingerprint density at radius 2 is 1.93 bits per heavy atom. The summed E-state index contributed by atoms with van der Waals surface area (Å²) in [5.74, 6) is 0.169. The molecule has 8 heteroatoms. The topological polar surface area (TPSA) is 88.1 Å². The van der Waals surface area contributed by atoms with E-state index < -0.39 is 15.9 Å². The first kappa shape index (κ1) is 20.6. The van der Waals surface area contributed by atoms with Gasteiger partial charge in [0.05, 0.1) is 26.1 Å². The van der Waals surface area contributed by atoms with Gasteiger partial charge in [0.25, 0.3) is 5.91 Å². The summed E-state index contributed by atoms with van der Waals surface area (Å²) >= 11 is 0. The van der Waals surface area contributed by atoms with E-state index in [1.807, 2.05) is 30.3 Å². The van der Waals surface area contributed by atoms with Crippen molar-refractivity contribution in [2.24, 2.45) is 5.10 Å². The summed E-state index contributed by atoms with van der Waals surface area (Å²) in [5.41, 5.74) is 4.10. The monoisotopic (exact) mass is 389 g/mol. The molecule has 1 N–H and O–H groups in total. The minimum Gasteiger partial charge on any atom is -0.497 e. The molecule has 0 fully saturated rings. The number of amides is 1. The van der Waals surface area contributed by atoms with Crippen LogP contribution in [-0.4, -0.2) is 51.3 Å². The van der Waals surface area contributed by atoms with Crippen LogP contribution in [0.5, 0.6) is 5.75 Å². The molecule has 0 radical (unpaired) electrons. The maximum atomic E-state index is 12.1. The van der Waals surface area contributed by atoms with Crippen molar-refractivity contribution in [2.75, 3.05) is 26.5 Å². The minimum atomic E-state index is -3.51. The third-order valence-electron chi connectivity index (χ3n) is 3.78. The molecule has 0 unspecified atom stereocenters. The molecular formula is C19H23N3O4S. The lowest BCUT2D eigenvalue weighted by Crippen LogP contribution is -2.40. The van der Waals surface area contributed by atoms with E-state index in [0.717, 1.165) is 21.7 Å². The second-order valence-electron chi connectivity index (χ2n) is 5.90. The molecule has 0 aliphatic carbocycles. The molecule has 0 spiro atoms. The van der Waals surface area contributed by atoms with Crippen LogP contribution in [0.1, 0.15) is 11.1 Å². The Bertz CT molecular complexity index is 883. The zero-order chi connectivity index (χ0) is 19.7. The van der Waals surface area contributed by atoms with Gasteiger partial charge in [-0.25, -0.2) is 13.8 Å². The van der Waals surface area contributed by atoms with Gasteiger partial charge >= 0.3 is 0 Å². The molecule has 0 atom stereocenters. The van der Waals surface area contributed by atoms with Crippen molar-refractivity contribution in [2.45, 2.75) is 6.42 Å². The molecule has 7 nitrogen and oxygen atoms in total. The number of nitrogens with one attached hydrogen (secondary N) is 1. The Labute approximate surface area is 159 Å². The largest absolute Gasteiger partial charge is 0.497 e.